The van der Waals surface area contributed by atoms with Gasteiger partial charge in [-0.15, -0.1) is 11.3 Å². The molecule has 3 N–H and O–H groups in total. The molecule has 0 bridgehead atoms. The topological polar surface area (TPSA) is 167 Å². The van der Waals surface area contributed by atoms with Crippen LogP contribution in [0.4, 0.5) is 18.7 Å². The maximum Gasteiger partial charge on any atom is 0.410 e. The number of benzene rings is 2. The summed E-state index contributed by atoms with van der Waals surface area (Å²) in [6.45, 7) is 0.0185. The molecule has 3 aromatic rings. The fourth-order valence-electron chi connectivity index (χ4n) is 7.82. The van der Waals surface area contributed by atoms with Crippen molar-refractivity contribution in [3.63, 3.8) is 0 Å². The zero-order valence-corrected chi connectivity index (χ0v) is 32.1. The lowest BCUT2D eigenvalue weighted by Gasteiger charge is -2.29. The largest absolute Gasteiger partial charge is 0.444 e. The molecule has 17 heteroatoms. The first kappa shape index (κ1) is 38.0. The number of hydrogen-bond donors (Lipinski definition) is 3. The van der Waals surface area contributed by atoms with Crippen molar-refractivity contribution in [2.24, 2.45) is 5.92 Å². The minimum Gasteiger partial charge on any atom is -0.444 e. The Kier molecular flexibility index (Phi) is 10.3. The van der Waals surface area contributed by atoms with Crippen LogP contribution in [0.5, 0.6) is 0 Å². The van der Waals surface area contributed by atoms with E-state index in [1.807, 2.05) is 12.2 Å². The van der Waals surface area contributed by atoms with Gasteiger partial charge in [0.25, 0.3) is 5.91 Å². The number of nitrogens with one attached hydrogen (secondary N) is 3. The number of carbonyl (C=O) groups excluding carboxylic acids is 4. The van der Waals surface area contributed by atoms with Crippen molar-refractivity contribution in [2.75, 3.05) is 11.9 Å². The van der Waals surface area contributed by atoms with Gasteiger partial charge in [-0.05, 0) is 74.4 Å². The highest BCUT2D eigenvalue weighted by atomic mass is 32.2. The fourth-order valence-corrected chi connectivity index (χ4v) is 9.95. The summed E-state index contributed by atoms with van der Waals surface area (Å²) in [5, 5.41) is 7.69. The highest BCUT2D eigenvalue weighted by Gasteiger charge is 2.62. The summed E-state index contributed by atoms with van der Waals surface area (Å²) in [7, 11) is -3.92. The van der Waals surface area contributed by atoms with Gasteiger partial charge in [0.2, 0.25) is 21.8 Å². The SMILES string of the molecule is O=C1N[C@]2(C(=O)NS(=O)(=O)C3CC3)C[C@H]2C=CCCCCC[C@H](Nc2nc(-c3ccc(F)cc3)cs2)C(=O)N2C[C@H](OC(=O)N3Cc4cccc(F)c4C3)C[C@@H]12. The number of amides is 4. The Morgan fingerprint density at radius 1 is 1.02 bits per heavy atom. The molecular weight excluding hydrogens is 767 g/mol. The lowest BCUT2D eigenvalue weighted by molar-refractivity contribution is -0.140. The smallest absolute Gasteiger partial charge is 0.410 e. The zero-order valence-electron chi connectivity index (χ0n) is 30.4. The molecule has 5 aliphatic rings. The van der Waals surface area contributed by atoms with Crippen LogP contribution >= 0.6 is 11.3 Å². The maximum absolute atomic E-state index is 14.6. The van der Waals surface area contributed by atoms with Crippen LogP contribution in [0, 0.1) is 17.6 Å². The van der Waals surface area contributed by atoms with Crippen LogP contribution in [-0.4, -0.2) is 82.5 Å². The Morgan fingerprint density at radius 2 is 1.82 bits per heavy atom. The molecule has 4 heterocycles. The molecule has 56 heavy (non-hydrogen) atoms. The number of fused-ring (bicyclic) bond motifs is 3. The monoisotopic (exact) mass is 808 g/mol. The quantitative estimate of drug-likeness (QED) is 0.279. The molecule has 0 spiro atoms. The minimum atomic E-state index is -3.92. The third-order valence-electron chi connectivity index (χ3n) is 11.2. The highest BCUT2D eigenvalue weighted by molar-refractivity contribution is 7.91. The molecule has 2 aliphatic carbocycles. The van der Waals surface area contributed by atoms with E-state index in [0.717, 1.165) is 12.8 Å². The van der Waals surface area contributed by atoms with Crippen LogP contribution in [0.25, 0.3) is 11.3 Å². The van der Waals surface area contributed by atoms with E-state index in [9.17, 15) is 36.4 Å². The van der Waals surface area contributed by atoms with Crippen molar-refractivity contribution in [3.05, 3.63) is 82.8 Å². The van der Waals surface area contributed by atoms with Crippen molar-refractivity contribution in [3.8, 4) is 11.3 Å². The standard InChI is InChI=1S/C39H42F2N6O7S2/c40-26-13-11-23(12-14-26)32-22-55-37(43-32)42-31-10-5-3-1-2-4-8-25-18-39(25,36(50)45-56(52,53)28-15-16-28)44-34(48)33-17-27(20-47(33)35(31)49)54-38(51)46-19-24-7-6-9-30(41)29(24)21-46/h4,6-9,11-14,22,25,27-28,31,33H,1-3,5,10,15-21H2,(H,42,43)(H,44,48)(H,45,50)/t25-,27-,31+,33+,39-/m1/s1. The van der Waals surface area contributed by atoms with Gasteiger partial charge in [-0.2, -0.15) is 0 Å². The number of aromatic nitrogens is 1. The molecule has 13 nitrogen and oxygen atoms in total. The van der Waals surface area contributed by atoms with Crippen LogP contribution in [0.3, 0.4) is 0 Å². The second-order valence-corrected chi connectivity index (χ2v) is 18.1. The lowest BCUT2D eigenvalue weighted by Crippen LogP contribution is -2.57. The third-order valence-corrected chi connectivity index (χ3v) is 13.8. The number of sulfonamides is 1. The van der Waals surface area contributed by atoms with Gasteiger partial charge in [-0.25, -0.2) is 27.0 Å². The maximum atomic E-state index is 14.6. The number of halogens is 2. The Balaban J connectivity index is 1.06. The van der Waals surface area contributed by atoms with Crippen LogP contribution < -0.4 is 15.4 Å². The molecule has 1 aromatic heterocycles. The van der Waals surface area contributed by atoms with Crippen molar-refractivity contribution >= 4 is 50.3 Å². The normalized spacial score (nSPS) is 26.6. The van der Waals surface area contributed by atoms with Crippen LogP contribution in [0.1, 0.15) is 68.9 Å². The van der Waals surface area contributed by atoms with E-state index in [2.05, 4.69) is 20.3 Å². The Hall–Kier alpha value is -4.90. The van der Waals surface area contributed by atoms with E-state index >= 15 is 0 Å². The van der Waals surface area contributed by atoms with Gasteiger partial charge in [0.05, 0.1) is 24.0 Å². The van der Waals surface area contributed by atoms with Gasteiger partial charge in [0.15, 0.2) is 5.13 Å². The molecule has 5 atom stereocenters. The zero-order chi connectivity index (χ0) is 39.2. The average molecular weight is 809 g/mol. The van der Waals surface area contributed by atoms with Crippen molar-refractivity contribution in [2.45, 2.75) is 99.9 Å². The Bertz CT molecular complexity index is 2180. The second-order valence-electron chi connectivity index (χ2n) is 15.2. The Labute approximate surface area is 326 Å². The number of allylic oxidation sites excluding steroid dienone is 1. The number of anilines is 1. The molecule has 1 saturated heterocycles. The summed E-state index contributed by atoms with van der Waals surface area (Å²) in [5.74, 6) is -3.20. The molecule has 0 unspecified atom stereocenters. The number of thiazole rings is 1. The molecule has 2 saturated carbocycles. The number of hydrogen-bond acceptors (Lipinski definition) is 10. The first-order chi connectivity index (χ1) is 26.9. The molecular formula is C39H42F2N6O7S2. The molecule has 3 fully saturated rings. The van der Waals surface area contributed by atoms with Crippen LogP contribution in [0.2, 0.25) is 0 Å². The molecule has 4 amide bonds. The number of nitrogens with zero attached hydrogens (tertiary/aromatic N) is 3. The van der Waals surface area contributed by atoms with Gasteiger partial charge < -0.3 is 20.3 Å². The van der Waals surface area contributed by atoms with Crippen molar-refractivity contribution < 1.29 is 41.1 Å². The Morgan fingerprint density at radius 3 is 2.59 bits per heavy atom. The fraction of sp³-hybridized carbons (Fsp3) is 0.462. The number of carbonyl (C=O) groups is 4. The summed E-state index contributed by atoms with van der Waals surface area (Å²) in [4.78, 5) is 63.5. The lowest BCUT2D eigenvalue weighted by atomic mass is 10.1. The molecule has 296 valence electrons. The second kappa shape index (κ2) is 15.2. The van der Waals surface area contributed by atoms with Crippen LogP contribution in [0.15, 0.2) is 60.0 Å². The summed E-state index contributed by atoms with van der Waals surface area (Å²) in [6, 6.07) is 8.53. The van der Waals surface area contributed by atoms with Gasteiger partial charge in [0, 0.05) is 35.4 Å². The van der Waals surface area contributed by atoms with Gasteiger partial charge in [-0.3, -0.25) is 24.0 Å². The molecule has 2 aromatic carbocycles. The predicted octanol–water partition coefficient (Wildman–Crippen LogP) is 4.99. The average Bonchev–Trinajstić information content (AvgIpc) is 3.97. The van der Waals surface area contributed by atoms with E-state index in [0.29, 0.717) is 59.6 Å². The van der Waals surface area contributed by atoms with Gasteiger partial charge in [-0.1, -0.05) is 37.1 Å². The van der Waals surface area contributed by atoms with E-state index in [-0.39, 0.29) is 38.3 Å². The van der Waals surface area contributed by atoms with E-state index < -0.39 is 74.5 Å². The van der Waals surface area contributed by atoms with E-state index in [1.165, 1.54) is 39.3 Å². The van der Waals surface area contributed by atoms with E-state index in [1.54, 1.807) is 29.6 Å². The van der Waals surface area contributed by atoms with Gasteiger partial charge >= 0.3 is 6.09 Å². The van der Waals surface area contributed by atoms with E-state index in [4.69, 9.17) is 4.74 Å². The predicted molar refractivity (Wildman–Crippen MR) is 202 cm³/mol. The first-order valence-corrected chi connectivity index (χ1v) is 21.4. The van der Waals surface area contributed by atoms with Crippen LogP contribution in [-0.2, 0) is 42.2 Å². The first-order valence-electron chi connectivity index (χ1n) is 19.0. The summed E-state index contributed by atoms with van der Waals surface area (Å²) in [5.41, 5.74) is 0.809. The summed E-state index contributed by atoms with van der Waals surface area (Å²) < 4.78 is 61.8. The highest BCUT2D eigenvalue weighted by Crippen LogP contribution is 2.46. The minimum absolute atomic E-state index is 0.0101. The summed E-state index contributed by atoms with van der Waals surface area (Å²) >= 11 is 1.28. The van der Waals surface area contributed by atoms with Gasteiger partial charge in [0.1, 0.15) is 35.4 Å². The van der Waals surface area contributed by atoms with Crippen molar-refractivity contribution in [1.82, 2.24) is 24.8 Å². The summed E-state index contributed by atoms with van der Waals surface area (Å²) in [6.07, 6.45) is 6.46. The molecule has 8 rings (SSSR count). The number of rotatable bonds is 7. The number of ether oxygens (including phenoxy) is 1. The molecule has 0 radical (unpaired) electrons. The van der Waals surface area contributed by atoms with Crippen molar-refractivity contribution in [1.29, 1.82) is 0 Å². The molecule has 3 aliphatic heterocycles. The third kappa shape index (κ3) is 7.88.